The van der Waals surface area contributed by atoms with Gasteiger partial charge in [-0.1, -0.05) is 0 Å². The third-order valence-electron chi connectivity index (χ3n) is 2.09. The number of hydrogen-bond acceptors (Lipinski definition) is 3. The van der Waals surface area contributed by atoms with Crippen LogP contribution in [-0.2, 0) is 0 Å². The van der Waals surface area contributed by atoms with Crippen LogP contribution in [-0.4, -0.2) is 25.7 Å². The Balaban J connectivity index is 2.79. The topological polar surface area (TPSA) is 67.5 Å². The number of rotatable bonds is 1. The fourth-order valence-corrected chi connectivity index (χ4v) is 1.32. The van der Waals surface area contributed by atoms with Gasteiger partial charge in [-0.05, 0) is 13.8 Å². The van der Waals surface area contributed by atoms with Gasteiger partial charge in [0, 0.05) is 11.8 Å². The summed E-state index contributed by atoms with van der Waals surface area (Å²) in [4.78, 5) is 15.0. The van der Waals surface area contributed by atoms with Crippen LogP contribution in [0.15, 0.2) is 12.4 Å². The van der Waals surface area contributed by atoms with Crippen LogP contribution in [0.4, 0.5) is 0 Å². The molecule has 72 valence electrons. The predicted molar refractivity (Wildman–Crippen MR) is 49.4 cm³/mol. The molecule has 2 aromatic rings. The second-order valence-electron chi connectivity index (χ2n) is 3.14. The Kier molecular flexibility index (Phi) is 1.73. The maximum atomic E-state index is 10.8. The van der Waals surface area contributed by atoms with Crippen molar-refractivity contribution in [3.8, 4) is 0 Å². The molecule has 0 bridgehead atoms. The standard InChI is InChI=1S/C9H9N3O2/c1-5-3-10-12-4-7(9(13)14)6(2)11-8(5)12/h3-4H,1-2H3,(H,13,14). The molecule has 0 saturated carbocycles. The van der Waals surface area contributed by atoms with Crippen molar-refractivity contribution < 1.29 is 9.90 Å². The van der Waals surface area contributed by atoms with Crippen LogP contribution in [0.2, 0.25) is 0 Å². The first-order valence-corrected chi connectivity index (χ1v) is 4.14. The molecule has 0 aliphatic heterocycles. The van der Waals surface area contributed by atoms with Gasteiger partial charge in [-0.25, -0.2) is 14.3 Å². The van der Waals surface area contributed by atoms with E-state index in [1.54, 1.807) is 13.1 Å². The van der Waals surface area contributed by atoms with E-state index in [1.807, 2.05) is 6.92 Å². The van der Waals surface area contributed by atoms with Crippen molar-refractivity contribution in [2.24, 2.45) is 0 Å². The summed E-state index contributed by atoms with van der Waals surface area (Å²) >= 11 is 0. The van der Waals surface area contributed by atoms with Crippen LogP contribution < -0.4 is 0 Å². The van der Waals surface area contributed by atoms with E-state index in [4.69, 9.17) is 5.11 Å². The monoisotopic (exact) mass is 191 g/mol. The molecule has 2 heterocycles. The van der Waals surface area contributed by atoms with Crippen molar-refractivity contribution in [1.82, 2.24) is 14.6 Å². The summed E-state index contributed by atoms with van der Waals surface area (Å²) in [6.45, 7) is 3.56. The first kappa shape index (κ1) is 8.68. The highest BCUT2D eigenvalue weighted by Crippen LogP contribution is 2.10. The number of nitrogens with zero attached hydrogens (tertiary/aromatic N) is 3. The summed E-state index contributed by atoms with van der Waals surface area (Å²) in [6.07, 6.45) is 3.14. The molecule has 0 atom stereocenters. The summed E-state index contributed by atoms with van der Waals surface area (Å²) < 4.78 is 1.48. The van der Waals surface area contributed by atoms with E-state index in [0.29, 0.717) is 11.3 Å². The summed E-state index contributed by atoms with van der Waals surface area (Å²) in [5, 5.41) is 12.8. The molecule has 0 radical (unpaired) electrons. The molecule has 0 aliphatic rings. The fourth-order valence-electron chi connectivity index (χ4n) is 1.32. The number of aromatic carboxylic acids is 1. The SMILES string of the molecule is Cc1nc2c(C)cnn2cc1C(=O)O. The number of fused-ring (bicyclic) bond motifs is 1. The third-order valence-corrected chi connectivity index (χ3v) is 2.09. The Morgan fingerprint density at radius 3 is 2.86 bits per heavy atom. The van der Waals surface area contributed by atoms with E-state index < -0.39 is 5.97 Å². The zero-order valence-corrected chi connectivity index (χ0v) is 7.85. The van der Waals surface area contributed by atoms with Gasteiger partial charge in [0.2, 0.25) is 0 Å². The normalized spacial score (nSPS) is 10.7. The largest absolute Gasteiger partial charge is 0.478 e. The van der Waals surface area contributed by atoms with Crippen molar-refractivity contribution >= 4 is 11.6 Å². The Hall–Kier alpha value is -1.91. The van der Waals surface area contributed by atoms with Gasteiger partial charge in [0.15, 0.2) is 5.65 Å². The second kappa shape index (κ2) is 2.80. The van der Waals surface area contributed by atoms with Crippen molar-refractivity contribution in [3.63, 3.8) is 0 Å². The summed E-state index contributed by atoms with van der Waals surface area (Å²) in [7, 11) is 0. The van der Waals surface area contributed by atoms with E-state index >= 15 is 0 Å². The maximum absolute atomic E-state index is 10.8. The predicted octanol–water partition coefficient (Wildman–Crippen LogP) is 1.04. The number of carboxylic acid groups (broad SMARTS) is 1. The molecule has 0 amide bonds. The lowest BCUT2D eigenvalue weighted by atomic mass is 10.2. The average molecular weight is 191 g/mol. The van der Waals surface area contributed by atoms with Crippen LogP contribution in [0.25, 0.3) is 5.65 Å². The minimum absolute atomic E-state index is 0.181. The van der Waals surface area contributed by atoms with Crippen LogP contribution >= 0.6 is 0 Å². The molecule has 0 aromatic carbocycles. The first-order chi connectivity index (χ1) is 6.59. The highest BCUT2D eigenvalue weighted by molar-refractivity contribution is 5.88. The van der Waals surface area contributed by atoms with Crippen LogP contribution in [0.5, 0.6) is 0 Å². The van der Waals surface area contributed by atoms with Gasteiger partial charge in [-0.2, -0.15) is 5.10 Å². The van der Waals surface area contributed by atoms with Crippen LogP contribution in [0.1, 0.15) is 21.6 Å². The summed E-state index contributed by atoms with van der Waals surface area (Å²) in [6, 6.07) is 0. The Morgan fingerprint density at radius 2 is 2.21 bits per heavy atom. The van der Waals surface area contributed by atoms with Crippen molar-refractivity contribution in [3.05, 3.63) is 29.2 Å². The molecule has 0 aliphatic carbocycles. The molecular formula is C9H9N3O2. The van der Waals surface area contributed by atoms with Crippen LogP contribution in [0.3, 0.4) is 0 Å². The first-order valence-electron chi connectivity index (χ1n) is 4.14. The number of aromatic nitrogens is 3. The highest BCUT2D eigenvalue weighted by atomic mass is 16.4. The average Bonchev–Trinajstić information content (AvgIpc) is 2.46. The number of carboxylic acids is 1. The van der Waals surface area contributed by atoms with Gasteiger partial charge in [-0.3, -0.25) is 0 Å². The molecule has 0 spiro atoms. The van der Waals surface area contributed by atoms with Gasteiger partial charge >= 0.3 is 5.97 Å². The smallest absolute Gasteiger partial charge is 0.339 e. The Bertz CT molecular complexity index is 516. The van der Waals surface area contributed by atoms with Gasteiger partial charge in [0.05, 0.1) is 17.5 Å². The molecule has 0 saturated heterocycles. The van der Waals surface area contributed by atoms with E-state index in [0.717, 1.165) is 5.56 Å². The zero-order valence-electron chi connectivity index (χ0n) is 7.85. The lowest BCUT2D eigenvalue weighted by Gasteiger charge is -2.00. The lowest BCUT2D eigenvalue weighted by molar-refractivity contribution is 0.0695. The highest BCUT2D eigenvalue weighted by Gasteiger charge is 2.11. The van der Waals surface area contributed by atoms with E-state index in [2.05, 4.69) is 10.1 Å². The van der Waals surface area contributed by atoms with Crippen molar-refractivity contribution in [2.75, 3.05) is 0 Å². The second-order valence-corrected chi connectivity index (χ2v) is 3.14. The summed E-state index contributed by atoms with van der Waals surface area (Å²) in [5.41, 5.74) is 2.33. The number of aryl methyl sites for hydroxylation is 2. The minimum atomic E-state index is -0.981. The quantitative estimate of drug-likeness (QED) is 0.731. The summed E-state index contributed by atoms with van der Waals surface area (Å²) in [5.74, 6) is -0.981. The van der Waals surface area contributed by atoms with E-state index in [-0.39, 0.29) is 5.56 Å². The molecule has 5 heteroatoms. The molecule has 5 nitrogen and oxygen atoms in total. The van der Waals surface area contributed by atoms with E-state index in [9.17, 15) is 4.79 Å². The van der Waals surface area contributed by atoms with Crippen molar-refractivity contribution in [2.45, 2.75) is 13.8 Å². The van der Waals surface area contributed by atoms with Crippen molar-refractivity contribution in [1.29, 1.82) is 0 Å². The molecule has 0 unspecified atom stereocenters. The van der Waals surface area contributed by atoms with Gasteiger partial charge in [-0.15, -0.1) is 0 Å². The Labute approximate surface area is 80.0 Å². The molecule has 14 heavy (non-hydrogen) atoms. The molecule has 2 rings (SSSR count). The molecule has 2 aromatic heterocycles. The molecule has 0 fully saturated rings. The molecular weight excluding hydrogens is 182 g/mol. The van der Waals surface area contributed by atoms with Gasteiger partial charge in [0.25, 0.3) is 0 Å². The lowest BCUT2D eigenvalue weighted by Crippen LogP contribution is -2.05. The number of hydrogen-bond donors (Lipinski definition) is 1. The zero-order chi connectivity index (χ0) is 10.3. The van der Waals surface area contributed by atoms with Gasteiger partial charge < -0.3 is 5.11 Å². The van der Waals surface area contributed by atoms with E-state index in [1.165, 1.54) is 10.7 Å². The minimum Gasteiger partial charge on any atom is -0.478 e. The van der Waals surface area contributed by atoms with Gasteiger partial charge in [0.1, 0.15) is 0 Å². The number of carbonyl (C=O) groups is 1. The van der Waals surface area contributed by atoms with Crippen LogP contribution in [0, 0.1) is 13.8 Å². The Morgan fingerprint density at radius 1 is 1.50 bits per heavy atom. The fraction of sp³-hybridized carbons (Fsp3) is 0.222. The molecule has 1 N–H and O–H groups in total. The maximum Gasteiger partial charge on any atom is 0.339 e. The third kappa shape index (κ3) is 1.14.